The van der Waals surface area contributed by atoms with Crippen LogP contribution in [0.3, 0.4) is 0 Å². The molecule has 0 bridgehead atoms. The highest BCUT2D eigenvalue weighted by atomic mass is 32.1. The van der Waals surface area contributed by atoms with Gasteiger partial charge in [0, 0.05) is 18.5 Å². The van der Waals surface area contributed by atoms with E-state index in [0.717, 1.165) is 28.2 Å². The summed E-state index contributed by atoms with van der Waals surface area (Å²) in [5, 5.41) is 3.88. The second-order valence-electron chi connectivity index (χ2n) is 7.08. The predicted octanol–water partition coefficient (Wildman–Crippen LogP) is 3.79. The van der Waals surface area contributed by atoms with Crippen LogP contribution in [0.15, 0.2) is 48.5 Å². The predicted molar refractivity (Wildman–Crippen MR) is 113 cm³/mol. The average Bonchev–Trinajstić information content (AvgIpc) is 3.34. The van der Waals surface area contributed by atoms with E-state index >= 15 is 0 Å². The van der Waals surface area contributed by atoms with Crippen molar-refractivity contribution in [2.75, 3.05) is 19.7 Å². The summed E-state index contributed by atoms with van der Waals surface area (Å²) in [6, 6.07) is 14.9. The molecule has 1 N–H and O–H groups in total. The summed E-state index contributed by atoms with van der Waals surface area (Å²) in [6.07, 6.45) is 1.55. The average molecular weight is 410 g/mol. The molecule has 2 amide bonds. The van der Waals surface area contributed by atoms with E-state index in [1.165, 1.54) is 0 Å². The number of ether oxygens (including phenoxy) is 1. The van der Waals surface area contributed by atoms with Crippen molar-refractivity contribution in [3.63, 3.8) is 0 Å². The van der Waals surface area contributed by atoms with Crippen molar-refractivity contribution in [2.24, 2.45) is 0 Å². The fourth-order valence-corrected chi connectivity index (χ4v) is 4.33. The third kappa shape index (κ3) is 4.56. The van der Waals surface area contributed by atoms with Crippen molar-refractivity contribution in [1.82, 2.24) is 15.2 Å². The Morgan fingerprint density at radius 1 is 1.28 bits per heavy atom. The molecular weight excluding hydrogens is 386 g/mol. The highest BCUT2D eigenvalue weighted by Gasteiger charge is 2.19. The summed E-state index contributed by atoms with van der Waals surface area (Å²) in [4.78, 5) is 30.8. The van der Waals surface area contributed by atoms with Gasteiger partial charge in [0.15, 0.2) is 0 Å². The summed E-state index contributed by atoms with van der Waals surface area (Å²) >= 11 is 1.59. The molecule has 4 rings (SSSR count). The highest BCUT2D eigenvalue weighted by molar-refractivity contribution is 7.18. The molecule has 1 unspecified atom stereocenters. The number of carbonyl (C=O) groups is 2. The lowest BCUT2D eigenvalue weighted by molar-refractivity contribution is -0.128. The summed E-state index contributed by atoms with van der Waals surface area (Å²) in [5.74, 6) is 0.638. The Balaban J connectivity index is 1.35. The Morgan fingerprint density at radius 3 is 2.93 bits per heavy atom. The molecule has 0 radical (unpaired) electrons. The molecule has 1 saturated heterocycles. The van der Waals surface area contributed by atoms with E-state index in [1.807, 2.05) is 42.2 Å². The zero-order chi connectivity index (χ0) is 20.2. The van der Waals surface area contributed by atoms with E-state index in [1.54, 1.807) is 29.5 Å². The summed E-state index contributed by atoms with van der Waals surface area (Å²) < 4.78 is 6.86. The number of nitrogens with one attached hydrogen (secondary N) is 1. The molecule has 1 fully saturated rings. The molecule has 6 nitrogen and oxygen atoms in total. The Labute approximate surface area is 173 Å². The van der Waals surface area contributed by atoms with Gasteiger partial charge in [0.05, 0.1) is 22.8 Å². The van der Waals surface area contributed by atoms with Crippen molar-refractivity contribution in [3.05, 3.63) is 59.1 Å². The van der Waals surface area contributed by atoms with Crippen LogP contribution in [0.1, 0.15) is 41.2 Å². The van der Waals surface area contributed by atoms with Crippen molar-refractivity contribution in [1.29, 1.82) is 0 Å². The van der Waals surface area contributed by atoms with E-state index in [-0.39, 0.29) is 17.9 Å². The lowest BCUT2D eigenvalue weighted by Crippen LogP contribution is -2.29. The van der Waals surface area contributed by atoms with Gasteiger partial charge in [-0.1, -0.05) is 18.2 Å². The van der Waals surface area contributed by atoms with E-state index in [9.17, 15) is 9.59 Å². The molecule has 1 atom stereocenters. The lowest BCUT2D eigenvalue weighted by Gasteiger charge is -2.16. The first-order valence-corrected chi connectivity index (χ1v) is 10.6. The van der Waals surface area contributed by atoms with Gasteiger partial charge in [-0.2, -0.15) is 0 Å². The van der Waals surface area contributed by atoms with Gasteiger partial charge >= 0.3 is 0 Å². The molecule has 1 aromatic heterocycles. The number of amides is 2. The zero-order valence-corrected chi connectivity index (χ0v) is 17.1. The second-order valence-corrected chi connectivity index (χ2v) is 8.14. The fraction of sp³-hybridized carbons (Fsp3) is 0.318. The first kappa shape index (κ1) is 19.4. The van der Waals surface area contributed by atoms with Crippen LogP contribution in [0.2, 0.25) is 0 Å². The first-order valence-electron chi connectivity index (χ1n) is 9.77. The molecular formula is C22H23N3O3S. The summed E-state index contributed by atoms with van der Waals surface area (Å²) in [5.41, 5.74) is 1.48. The van der Waals surface area contributed by atoms with Crippen molar-refractivity contribution < 1.29 is 14.3 Å². The summed E-state index contributed by atoms with van der Waals surface area (Å²) in [6.45, 7) is 3.72. The highest BCUT2D eigenvalue weighted by Crippen LogP contribution is 2.26. The Kier molecular flexibility index (Phi) is 5.76. The molecule has 3 aromatic rings. The second kappa shape index (κ2) is 8.61. The van der Waals surface area contributed by atoms with E-state index in [0.29, 0.717) is 30.9 Å². The van der Waals surface area contributed by atoms with Crippen LogP contribution in [-0.4, -0.2) is 41.4 Å². The fourth-order valence-electron chi connectivity index (χ4n) is 3.36. The maximum absolute atomic E-state index is 12.7. The third-order valence-corrected chi connectivity index (χ3v) is 6.15. The van der Waals surface area contributed by atoms with Gasteiger partial charge in [0.2, 0.25) is 5.91 Å². The normalized spacial score (nSPS) is 14.9. The SMILES string of the molecule is CC(NC(=O)c1cccc(OCCN2CCCC2=O)c1)c1nc2ccccc2s1. The Morgan fingerprint density at radius 2 is 2.14 bits per heavy atom. The number of rotatable bonds is 7. The van der Waals surface area contributed by atoms with E-state index in [2.05, 4.69) is 10.3 Å². The molecule has 2 heterocycles. The number of fused-ring (bicyclic) bond motifs is 1. The standard InChI is InChI=1S/C22H23N3O3S/c1-15(22-24-18-8-2-3-9-19(18)29-22)23-21(27)16-6-4-7-17(14-16)28-13-12-25-11-5-10-20(25)26/h2-4,6-9,14-15H,5,10-13H2,1H3,(H,23,27). The monoisotopic (exact) mass is 409 g/mol. The molecule has 0 spiro atoms. The van der Waals surface area contributed by atoms with Crippen LogP contribution >= 0.6 is 11.3 Å². The maximum Gasteiger partial charge on any atom is 0.251 e. The minimum atomic E-state index is -0.189. The number of hydrogen-bond acceptors (Lipinski definition) is 5. The van der Waals surface area contributed by atoms with Crippen LogP contribution in [0, 0.1) is 0 Å². The quantitative estimate of drug-likeness (QED) is 0.645. The van der Waals surface area contributed by atoms with Gasteiger partial charge in [-0.05, 0) is 43.7 Å². The van der Waals surface area contributed by atoms with Crippen LogP contribution in [0.25, 0.3) is 10.2 Å². The van der Waals surface area contributed by atoms with Gasteiger partial charge in [0.1, 0.15) is 17.4 Å². The number of carbonyl (C=O) groups excluding carboxylic acids is 2. The molecule has 0 aliphatic carbocycles. The minimum Gasteiger partial charge on any atom is -0.492 e. The number of benzene rings is 2. The number of nitrogens with zero attached hydrogens (tertiary/aromatic N) is 2. The molecule has 2 aromatic carbocycles. The third-order valence-electron chi connectivity index (χ3n) is 4.93. The van der Waals surface area contributed by atoms with Gasteiger partial charge < -0.3 is 15.0 Å². The van der Waals surface area contributed by atoms with Crippen LogP contribution in [-0.2, 0) is 4.79 Å². The van der Waals surface area contributed by atoms with E-state index < -0.39 is 0 Å². The van der Waals surface area contributed by atoms with Crippen LogP contribution < -0.4 is 10.1 Å². The van der Waals surface area contributed by atoms with Crippen molar-refractivity contribution >= 4 is 33.4 Å². The number of thiazole rings is 1. The van der Waals surface area contributed by atoms with Crippen molar-refractivity contribution in [2.45, 2.75) is 25.8 Å². The molecule has 7 heteroatoms. The van der Waals surface area contributed by atoms with Gasteiger partial charge in [-0.3, -0.25) is 9.59 Å². The van der Waals surface area contributed by atoms with Gasteiger partial charge in [-0.15, -0.1) is 11.3 Å². The number of aromatic nitrogens is 1. The minimum absolute atomic E-state index is 0.170. The van der Waals surface area contributed by atoms with Crippen molar-refractivity contribution in [3.8, 4) is 5.75 Å². The Bertz CT molecular complexity index is 1000. The Hall–Kier alpha value is -2.93. The van der Waals surface area contributed by atoms with Crippen LogP contribution in [0.5, 0.6) is 5.75 Å². The van der Waals surface area contributed by atoms with Gasteiger partial charge in [0.25, 0.3) is 5.91 Å². The van der Waals surface area contributed by atoms with Crippen LogP contribution in [0.4, 0.5) is 0 Å². The summed E-state index contributed by atoms with van der Waals surface area (Å²) in [7, 11) is 0. The maximum atomic E-state index is 12.7. The lowest BCUT2D eigenvalue weighted by atomic mass is 10.2. The first-order chi connectivity index (χ1) is 14.1. The smallest absolute Gasteiger partial charge is 0.251 e. The topological polar surface area (TPSA) is 71.5 Å². The molecule has 1 aliphatic heterocycles. The molecule has 150 valence electrons. The number of para-hydroxylation sites is 1. The molecule has 1 aliphatic rings. The van der Waals surface area contributed by atoms with E-state index in [4.69, 9.17) is 4.74 Å². The molecule has 29 heavy (non-hydrogen) atoms. The molecule has 0 saturated carbocycles. The number of hydrogen-bond donors (Lipinski definition) is 1. The number of likely N-dealkylation sites (tertiary alicyclic amines) is 1. The zero-order valence-electron chi connectivity index (χ0n) is 16.3. The largest absolute Gasteiger partial charge is 0.492 e. The van der Waals surface area contributed by atoms with Gasteiger partial charge in [-0.25, -0.2) is 4.98 Å².